The van der Waals surface area contributed by atoms with Crippen LogP contribution in [0.2, 0.25) is 0 Å². The third-order valence-corrected chi connectivity index (χ3v) is 4.26. The van der Waals surface area contributed by atoms with Crippen LogP contribution in [-0.4, -0.2) is 55.1 Å². The second kappa shape index (κ2) is 8.36. The summed E-state index contributed by atoms with van der Waals surface area (Å²) in [4.78, 5) is 38.7. The van der Waals surface area contributed by atoms with Gasteiger partial charge >= 0.3 is 12.1 Å². The molecule has 1 rings (SSSR count). The molecule has 1 N–H and O–H groups in total. The maximum atomic E-state index is 12.8. The molecule has 1 amide bonds. The molecule has 0 saturated carbocycles. The number of esters is 1. The third kappa shape index (κ3) is 5.47. The van der Waals surface area contributed by atoms with Crippen molar-refractivity contribution in [3.63, 3.8) is 0 Å². The Morgan fingerprint density at radius 1 is 1.20 bits per heavy atom. The predicted molar refractivity (Wildman–Crippen MR) is 93.9 cm³/mol. The Morgan fingerprint density at radius 3 is 2.24 bits per heavy atom. The normalized spacial score (nSPS) is 22.0. The molecule has 1 aliphatic rings. The largest absolute Gasteiger partial charge is 0.465 e. The van der Waals surface area contributed by atoms with Crippen LogP contribution in [0.25, 0.3) is 0 Å². The van der Waals surface area contributed by atoms with Gasteiger partial charge in [-0.15, -0.1) is 0 Å². The van der Waals surface area contributed by atoms with Crippen molar-refractivity contribution < 1.29 is 23.9 Å². The smallest absolute Gasteiger partial charge is 0.410 e. The van der Waals surface area contributed by atoms with E-state index in [0.29, 0.717) is 25.1 Å². The maximum absolute atomic E-state index is 12.8. The Labute approximate surface area is 149 Å². The molecule has 1 aliphatic heterocycles. The number of rotatable bonds is 4. The topological polar surface area (TPSA) is 84.9 Å². The van der Waals surface area contributed by atoms with Crippen LogP contribution < -0.4 is 5.32 Å². The van der Waals surface area contributed by atoms with Gasteiger partial charge in [0, 0.05) is 31.2 Å². The number of ketones is 1. The molecule has 0 aliphatic carbocycles. The standard InChI is InChI=1S/C18H30N2O5/c1-11-10-13(8-9-20(11)17(23)25-18(3,4)5)15(21)14(12(2)19-6)16(22)24-7/h11,13,19H,8-10H2,1-7H3/b14-12+. The Balaban J connectivity index is 2.87. The fourth-order valence-electron chi connectivity index (χ4n) is 2.87. The lowest BCUT2D eigenvalue weighted by atomic mass is 9.85. The molecule has 2 atom stereocenters. The van der Waals surface area contributed by atoms with Crippen molar-refractivity contribution in [3.05, 3.63) is 11.3 Å². The van der Waals surface area contributed by atoms with Gasteiger partial charge in [0.2, 0.25) is 0 Å². The number of likely N-dealkylation sites (tertiary alicyclic amines) is 1. The molecule has 1 saturated heterocycles. The molecule has 0 spiro atoms. The SMILES string of the molecule is CN/C(C)=C(/C(=O)OC)C(=O)C1CCN(C(=O)OC(C)(C)C)C(C)C1. The van der Waals surface area contributed by atoms with E-state index in [1.807, 2.05) is 27.7 Å². The van der Waals surface area contributed by atoms with Gasteiger partial charge in [-0.05, 0) is 47.5 Å². The number of hydrogen-bond donors (Lipinski definition) is 1. The minimum absolute atomic E-state index is 0.0490. The van der Waals surface area contributed by atoms with Crippen molar-refractivity contribution in [2.75, 3.05) is 20.7 Å². The van der Waals surface area contributed by atoms with E-state index in [4.69, 9.17) is 9.47 Å². The van der Waals surface area contributed by atoms with Crippen molar-refractivity contribution in [1.29, 1.82) is 0 Å². The Kier molecular flexibility index (Phi) is 7.02. The second-order valence-electron chi connectivity index (χ2n) is 7.35. The quantitative estimate of drug-likeness (QED) is 0.361. The highest BCUT2D eigenvalue weighted by Crippen LogP contribution is 2.28. The minimum Gasteiger partial charge on any atom is -0.465 e. The maximum Gasteiger partial charge on any atom is 0.410 e. The van der Waals surface area contributed by atoms with Crippen LogP contribution in [0.5, 0.6) is 0 Å². The number of nitrogens with one attached hydrogen (secondary N) is 1. The fraction of sp³-hybridized carbons (Fsp3) is 0.722. The number of ether oxygens (including phenoxy) is 2. The summed E-state index contributed by atoms with van der Waals surface area (Å²) in [5.41, 5.74) is -0.0271. The summed E-state index contributed by atoms with van der Waals surface area (Å²) in [5.74, 6) is -1.21. The number of amides is 1. The molecule has 0 bridgehead atoms. The van der Waals surface area contributed by atoms with Gasteiger partial charge in [0.05, 0.1) is 7.11 Å². The minimum atomic E-state index is -0.640. The van der Waals surface area contributed by atoms with Crippen LogP contribution in [0.3, 0.4) is 0 Å². The van der Waals surface area contributed by atoms with Crippen LogP contribution in [0.1, 0.15) is 47.5 Å². The molecule has 1 heterocycles. The van der Waals surface area contributed by atoms with Crippen molar-refractivity contribution in [2.45, 2.75) is 59.1 Å². The van der Waals surface area contributed by atoms with Crippen molar-refractivity contribution in [1.82, 2.24) is 10.2 Å². The molecule has 142 valence electrons. The highest BCUT2D eigenvalue weighted by atomic mass is 16.6. The van der Waals surface area contributed by atoms with E-state index in [1.165, 1.54) is 7.11 Å². The van der Waals surface area contributed by atoms with E-state index in [-0.39, 0.29) is 29.4 Å². The van der Waals surface area contributed by atoms with Gasteiger partial charge in [-0.2, -0.15) is 0 Å². The predicted octanol–water partition coefficient (Wildman–Crippen LogP) is 2.26. The van der Waals surface area contributed by atoms with Crippen LogP contribution in [0, 0.1) is 5.92 Å². The number of allylic oxidation sites excluding steroid dienone is 1. The van der Waals surface area contributed by atoms with Gasteiger partial charge < -0.3 is 19.7 Å². The molecule has 7 heteroatoms. The number of hydrogen-bond acceptors (Lipinski definition) is 6. The first-order chi connectivity index (χ1) is 11.5. The molecule has 0 aromatic rings. The zero-order valence-corrected chi connectivity index (χ0v) is 16.3. The van der Waals surface area contributed by atoms with Crippen LogP contribution in [-0.2, 0) is 19.1 Å². The van der Waals surface area contributed by atoms with Gasteiger partial charge in [0.15, 0.2) is 5.78 Å². The first kappa shape index (κ1) is 21.0. The van der Waals surface area contributed by atoms with E-state index in [2.05, 4.69) is 5.32 Å². The molecule has 0 aromatic heterocycles. The van der Waals surface area contributed by atoms with E-state index in [0.717, 1.165) is 0 Å². The van der Waals surface area contributed by atoms with Gasteiger partial charge in [-0.3, -0.25) is 4.79 Å². The fourth-order valence-corrected chi connectivity index (χ4v) is 2.87. The van der Waals surface area contributed by atoms with E-state index in [1.54, 1.807) is 18.9 Å². The van der Waals surface area contributed by atoms with Crippen LogP contribution >= 0.6 is 0 Å². The van der Waals surface area contributed by atoms with E-state index >= 15 is 0 Å². The number of carbonyl (C=O) groups is 3. The summed E-state index contributed by atoms with van der Waals surface area (Å²) in [7, 11) is 2.91. The van der Waals surface area contributed by atoms with Crippen molar-refractivity contribution in [3.8, 4) is 0 Å². The third-order valence-electron chi connectivity index (χ3n) is 4.26. The molecule has 7 nitrogen and oxygen atoms in total. The summed E-state index contributed by atoms with van der Waals surface area (Å²) in [6.45, 7) is 9.43. The number of carbonyl (C=O) groups excluding carboxylic acids is 3. The van der Waals surface area contributed by atoms with Crippen molar-refractivity contribution in [2.24, 2.45) is 5.92 Å². The lowest BCUT2D eigenvalue weighted by Gasteiger charge is -2.38. The average Bonchev–Trinajstić information content (AvgIpc) is 2.52. The molecular weight excluding hydrogens is 324 g/mol. The van der Waals surface area contributed by atoms with Crippen molar-refractivity contribution >= 4 is 17.8 Å². The second-order valence-corrected chi connectivity index (χ2v) is 7.35. The Morgan fingerprint density at radius 2 is 1.80 bits per heavy atom. The molecule has 1 fully saturated rings. The van der Waals surface area contributed by atoms with Crippen LogP contribution in [0.15, 0.2) is 11.3 Å². The summed E-state index contributed by atoms with van der Waals surface area (Å²) in [6.07, 6.45) is 0.594. The molecule has 0 aromatic carbocycles. The van der Waals surface area contributed by atoms with E-state index < -0.39 is 11.6 Å². The van der Waals surface area contributed by atoms with Gasteiger partial charge in [0.25, 0.3) is 0 Å². The summed E-state index contributed by atoms with van der Waals surface area (Å²) in [6, 6.07) is -0.147. The number of piperidine rings is 1. The molecule has 0 radical (unpaired) electrons. The Bertz CT molecular complexity index is 562. The average molecular weight is 354 g/mol. The molecule has 2 unspecified atom stereocenters. The monoisotopic (exact) mass is 354 g/mol. The number of Topliss-reactive ketones (excluding diaryl/α,β-unsaturated/α-hetero) is 1. The number of nitrogens with zero attached hydrogens (tertiary/aromatic N) is 1. The van der Waals surface area contributed by atoms with Gasteiger partial charge in [-0.25, -0.2) is 9.59 Å². The zero-order valence-electron chi connectivity index (χ0n) is 16.3. The summed E-state index contributed by atoms with van der Waals surface area (Å²) < 4.78 is 10.2. The summed E-state index contributed by atoms with van der Waals surface area (Å²) >= 11 is 0. The van der Waals surface area contributed by atoms with E-state index in [9.17, 15) is 14.4 Å². The van der Waals surface area contributed by atoms with Gasteiger partial charge in [0.1, 0.15) is 11.2 Å². The molecule has 25 heavy (non-hydrogen) atoms. The highest BCUT2D eigenvalue weighted by molar-refractivity contribution is 6.18. The highest BCUT2D eigenvalue weighted by Gasteiger charge is 2.37. The summed E-state index contributed by atoms with van der Waals surface area (Å²) in [5, 5.41) is 2.84. The lowest BCUT2D eigenvalue weighted by Crippen LogP contribution is -2.48. The molecular formula is C18H30N2O5. The first-order valence-electron chi connectivity index (χ1n) is 8.52. The zero-order chi connectivity index (χ0) is 19.4. The Hall–Kier alpha value is -2.05. The van der Waals surface area contributed by atoms with Gasteiger partial charge in [-0.1, -0.05) is 0 Å². The first-order valence-corrected chi connectivity index (χ1v) is 8.52. The lowest BCUT2D eigenvalue weighted by molar-refractivity contribution is -0.138. The van der Waals surface area contributed by atoms with Crippen LogP contribution in [0.4, 0.5) is 4.79 Å². The number of methoxy groups -OCH3 is 1.